The van der Waals surface area contributed by atoms with Gasteiger partial charge in [0.15, 0.2) is 0 Å². The van der Waals surface area contributed by atoms with E-state index in [0.29, 0.717) is 5.41 Å². The second-order valence-corrected chi connectivity index (χ2v) is 9.14. The quantitative estimate of drug-likeness (QED) is 0.641. The summed E-state index contributed by atoms with van der Waals surface area (Å²) in [4.78, 5) is 0. The second kappa shape index (κ2) is 7.79. The standard InChI is InChI=1S/C24H33N5/c1-5-29-22-15-24(3,4)11-10-19(22)23(28-29)21-14-20(26-27-21)18-9-8-17(7-6-12-25)13-16(18)2/h8-9,13-14H,5-7,10-12,15,25H2,1-4H3,(H,26,27). The van der Waals surface area contributed by atoms with Crippen molar-refractivity contribution in [1.82, 2.24) is 20.0 Å². The maximum Gasteiger partial charge on any atom is 0.114 e. The molecular formula is C24H33N5. The first kappa shape index (κ1) is 19.9. The zero-order valence-electron chi connectivity index (χ0n) is 18.2. The zero-order valence-corrected chi connectivity index (χ0v) is 18.2. The minimum absolute atomic E-state index is 0.346. The second-order valence-electron chi connectivity index (χ2n) is 9.14. The molecule has 1 aliphatic carbocycles. The minimum atomic E-state index is 0.346. The van der Waals surface area contributed by atoms with Gasteiger partial charge in [-0.25, -0.2) is 0 Å². The molecule has 1 aromatic carbocycles. The van der Waals surface area contributed by atoms with Gasteiger partial charge in [-0.2, -0.15) is 10.2 Å². The van der Waals surface area contributed by atoms with Gasteiger partial charge in [-0.3, -0.25) is 9.78 Å². The van der Waals surface area contributed by atoms with Gasteiger partial charge in [0.25, 0.3) is 0 Å². The fraction of sp³-hybridized carbons (Fsp3) is 0.500. The number of hydrogen-bond acceptors (Lipinski definition) is 3. The number of hydrogen-bond donors (Lipinski definition) is 2. The van der Waals surface area contributed by atoms with E-state index < -0.39 is 0 Å². The molecule has 5 nitrogen and oxygen atoms in total. The lowest BCUT2D eigenvalue weighted by Gasteiger charge is -2.30. The summed E-state index contributed by atoms with van der Waals surface area (Å²) in [5.74, 6) is 0. The molecule has 0 spiro atoms. The van der Waals surface area contributed by atoms with Crippen LogP contribution in [0.4, 0.5) is 0 Å². The maximum atomic E-state index is 5.65. The Bertz CT molecular complexity index is 1010. The summed E-state index contributed by atoms with van der Waals surface area (Å²) < 4.78 is 2.18. The molecule has 0 radical (unpaired) electrons. The van der Waals surface area contributed by atoms with Crippen molar-refractivity contribution in [2.45, 2.75) is 66.3 Å². The van der Waals surface area contributed by atoms with Gasteiger partial charge in [0.1, 0.15) is 5.69 Å². The number of fused-ring (bicyclic) bond motifs is 1. The van der Waals surface area contributed by atoms with Crippen molar-refractivity contribution >= 4 is 0 Å². The van der Waals surface area contributed by atoms with Gasteiger partial charge >= 0.3 is 0 Å². The normalized spacial score (nSPS) is 15.5. The number of nitrogens with zero attached hydrogens (tertiary/aromatic N) is 3. The molecule has 4 rings (SSSR count). The number of H-pyrrole nitrogens is 1. The van der Waals surface area contributed by atoms with Crippen LogP contribution in [0.25, 0.3) is 22.6 Å². The fourth-order valence-corrected chi connectivity index (χ4v) is 4.53. The van der Waals surface area contributed by atoms with Crippen molar-refractivity contribution in [3.8, 4) is 22.6 Å². The van der Waals surface area contributed by atoms with Crippen molar-refractivity contribution in [1.29, 1.82) is 0 Å². The highest BCUT2D eigenvalue weighted by molar-refractivity contribution is 5.71. The number of aromatic nitrogens is 4. The molecule has 0 aliphatic heterocycles. The van der Waals surface area contributed by atoms with E-state index in [-0.39, 0.29) is 0 Å². The van der Waals surface area contributed by atoms with Crippen LogP contribution in [0.1, 0.15) is 56.0 Å². The molecule has 0 unspecified atom stereocenters. The molecule has 5 heteroatoms. The Morgan fingerprint density at radius 1 is 1.24 bits per heavy atom. The van der Waals surface area contributed by atoms with Crippen molar-refractivity contribution in [3.63, 3.8) is 0 Å². The largest absolute Gasteiger partial charge is 0.330 e. The van der Waals surface area contributed by atoms with E-state index in [2.05, 4.69) is 66.8 Å². The Kier molecular flexibility index (Phi) is 5.34. The molecule has 154 valence electrons. The number of nitrogens with one attached hydrogen (secondary N) is 1. The lowest BCUT2D eigenvalue weighted by Crippen LogP contribution is -2.24. The van der Waals surface area contributed by atoms with Gasteiger partial charge in [0.2, 0.25) is 0 Å². The van der Waals surface area contributed by atoms with Gasteiger partial charge in [-0.15, -0.1) is 0 Å². The summed E-state index contributed by atoms with van der Waals surface area (Å²) in [5, 5.41) is 12.9. The molecule has 1 aliphatic rings. The molecule has 0 fully saturated rings. The smallest absolute Gasteiger partial charge is 0.114 e. The number of rotatable bonds is 6. The highest BCUT2D eigenvalue weighted by Gasteiger charge is 2.31. The summed E-state index contributed by atoms with van der Waals surface area (Å²) in [7, 11) is 0. The number of nitrogens with two attached hydrogens (primary N) is 1. The average molecular weight is 392 g/mol. The van der Waals surface area contributed by atoms with E-state index in [1.165, 1.54) is 34.4 Å². The zero-order chi connectivity index (χ0) is 20.6. The number of aromatic amines is 1. The van der Waals surface area contributed by atoms with Crippen LogP contribution in [-0.4, -0.2) is 26.5 Å². The van der Waals surface area contributed by atoms with Crippen LogP contribution in [-0.2, 0) is 25.8 Å². The van der Waals surface area contributed by atoms with Gasteiger partial charge in [-0.1, -0.05) is 32.0 Å². The SMILES string of the molecule is CCn1nc(-c2cc(-c3ccc(CCCN)cc3C)n[nH]2)c2c1CC(C)(C)CC2. The number of benzene rings is 1. The molecule has 0 atom stereocenters. The lowest BCUT2D eigenvalue weighted by atomic mass is 9.76. The van der Waals surface area contributed by atoms with Gasteiger partial charge in [-0.05, 0) is 75.1 Å². The Balaban J connectivity index is 1.66. The van der Waals surface area contributed by atoms with E-state index in [1.807, 2.05) is 0 Å². The Labute approximate surface area is 173 Å². The van der Waals surface area contributed by atoms with Crippen LogP contribution < -0.4 is 5.73 Å². The third kappa shape index (κ3) is 3.88. The lowest BCUT2D eigenvalue weighted by molar-refractivity contribution is 0.305. The van der Waals surface area contributed by atoms with E-state index in [1.54, 1.807) is 0 Å². The Morgan fingerprint density at radius 2 is 2.07 bits per heavy atom. The third-order valence-corrected chi connectivity index (χ3v) is 6.23. The first-order valence-electron chi connectivity index (χ1n) is 10.9. The highest BCUT2D eigenvalue weighted by atomic mass is 15.3. The third-order valence-electron chi connectivity index (χ3n) is 6.23. The minimum Gasteiger partial charge on any atom is -0.330 e. The maximum absolute atomic E-state index is 5.65. The summed E-state index contributed by atoms with van der Waals surface area (Å²) >= 11 is 0. The molecule has 3 N–H and O–H groups in total. The molecule has 3 aromatic rings. The van der Waals surface area contributed by atoms with E-state index in [9.17, 15) is 0 Å². The summed E-state index contributed by atoms with van der Waals surface area (Å²) in [6.45, 7) is 10.7. The number of aryl methyl sites for hydroxylation is 3. The molecule has 2 heterocycles. The molecule has 0 amide bonds. The summed E-state index contributed by atoms with van der Waals surface area (Å²) in [6.07, 6.45) is 5.43. The van der Waals surface area contributed by atoms with Gasteiger partial charge in [0.05, 0.1) is 11.4 Å². The van der Waals surface area contributed by atoms with Crippen molar-refractivity contribution in [2.75, 3.05) is 6.54 Å². The van der Waals surface area contributed by atoms with Crippen LogP contribution in [0.2, 0.25) is 0 Å². The first-order chi connectivity index (χ1) is 13.9. The molecule has 0 bridgehead atoms. The van der Waals surface area contributed by atoms with Crippen molar-refractivity contribution in [3.05, 3.63) is 46.6 Å². The Morgan fingerprint density at radius 3 is 2.79 bits per heavy atom. The molecular weight excluding hydrogens is 358 g/mol. The monoisotopic (exact) mass is 391 g/mol. The topological polar surface area (TPSA) is 72.5 Å². The summed E-state index contributed by atoms with van der Waals surface area (Å²) in [5.41, 5.74) is 15.6. The van der Waals surface area contributed by atoms with Crippen molar-refractivity contribution in [2.24, 2.45) is 11.1 Å². The van der Waals surface area contributed by atoms with Gasteiger partial charge in [0, 0.05) is 23.4 Å². The van der Waals surface area contributed by atoms with Crippen molar-refractivity contribution < 1.29 is 0 Å². The van der Waals surface area contributed by atoms with Crippen LogP contribution in [0.15, 0.2) is 24.3 Å². The molecule has 0 saturated carbocycles. The molecule has 0 saturated heterocycles. The van der Waals surface area contributed by atoms with Crippen LogP contribution in [0.3, 0.4) is 0 Å². The summed E-state index contributed by atoms with van der Waals surface area (Å²) in [6, 6.07) is 8.80. The first-order valence-corrected chi connectivity index (χ1v) is 10.9. The average Bonchev–Trinajstić information content (AvgIpc) is 3.30. The predicted octanol–water partition coefficient (Wildman–Crippen LogP) is 4.67. The fourth-order valence-electron chi connectivity index (χ4n) is 4.53. The predicted molar refractivity (Wildman–Crippen MR) is 119 cm³/mol. The van der Waals surface area contributed by atoms with Crippen LogP contribution >= 0.6 is 0 Å². The van der Waals surface area contributed by atoms with E-state index in [4.69, 9.17) is 10.8 Å². The van der Waals surface area contributed by atoms with Gasteiger partial charge < -0.3 is 5.73 Å². The molecule has 29 heavy (non-hydrogen) atoms. The highest BCUT2D eigenvalue weighted by Crippen LogP contribution is 2.39. The molecule has 2 aromatic heterocycles. The van der Waals surface area contributed by atoms with Crippen LogP contribution in [0, 0.1) is 12.3 Å². The van der Waals surface area contributed by atoms with Crippen LogP contribution in [0.5, 0.6) is 0 Å². The van der Waals surface area contributed by atoms with E-state index in [0.717, 1.165) is 55.9 Å². The Hall–Kier alpha value is -2.40. The van der Waals surface area contributed by atoms with E-state index >= 15 is 0 Å².